The van der Waals surface area contributed by atoms with Gasteiger partial charge >= 0.3 is 0 Å². The van der Waals surface area contributed by atoms with Crippen molar-refractivity contribution in [1.82, 2.24) is 0 Å². The summed E-state index contributed by atoms with van der Waals surface area (Å²) in [4.78, 5) is 0. The molecule has 0 aliphatic carbocycles. The molecule has 0 unspecified atom stereocenters. The highest BCUT2D eigenvalue weighted by atomic mass is 16.5. The molecule has 0 aromatic heterocycles. The van der Waals surface area contributed by atoms with E-state index in [4.69, 9.17) is 9.47 Å². The van der Waals surface area contributed by atoms with Crippen molar-refractivity contribution < 1.29 is 9.47 Å². The molecule has 21 heavy (non-hydrogen) atoms. The van der Waals surface area contributed by atoms with E-state index in [9.17, 15) is 0 Å². The van der Waals surface area contributed by atoms with Gasteiger partial charge in [0.15, 0.2) is 11.5 Å². The van der Waals surface area contributed by atoms with Gasteiger partial charge in [-0.3, -0.25) is 0 Å². The van der Waals surface area contributed by atoms with E-state index in [0.29, 0.717) is 0 Å². The summed E-state index contributed by atoms with van der Waals surface area (Å²) in [5, 5.41) is 2.35. The van der Waals surface area contributed by atoms with Gasteiger partial charge in [0.25, 0.3) is 0 Å². The molecule has 2 heteroatoms. The summed E-state index contributed by atoms with van der Waals surface area (Å²) in [5.41, 5.74) is 3.02. The maximum Gasteiger partial charge on any atom is 0.177 e. The zero-order valence-corrected chi connectivity index (χ0v) is 11.7. The van der Waals surface area contributed by atoms with Crippen LogP contribution in [0.1, 0.15) is 11.1 Å². The van der Waals surface area contributed by atoms with Crippen molar-refractivity contribution in [3.63, 3.8) is 0 Å². The van der Waals surface area contributed by atoms with Gasteiger partial charge in [0, 0.05) is 11.1 Å². The molecule has 1 aliphatic heterocycles. The molecular weight excluding hydrogens is 260 g/mol. The quantitative estimate of drug-likeness (QED) is 0.485. The van der Waals surface area contributed by atoms with E-state index in [0.717, 1.165) is 39.3 Å². The Hall–Kier alpha value is -2.74. The minimum Gasteiger partial charge on any atom is -0.493 e. The van der Waals surface area contributed by atoms with E-state index >= 15 is 0 Å². The van der Waals surface area contributed by atoms with Crippen molar-refractivity contribution in [3.05, 3.63) is 72.3 Å². The van der Waals surface area contributed by atoms with Crippen molar-refractivity contribution in [2.24, 2.45) is 0 Å². The third-order valence-corrected chi connectivity index (χ3v) is 3.93. The lowest BCUT2D eigenvalue weighted by atomic mass is 9.91. The number of hydrogen-bond acceptors (Lipinski definition) is 2. The van der Waals surface area contributed by atoms with Crippen LogP contribution in [0, 0.1) is 0 Å². The van der Waals surface area contributed by atoms with Crippen LogP contribution in [0.15, 0.2) is 61.2 Å². The summed E-state index contributed by atoms with van der Waals surface area (Å²) in [6.45, 7) is 4.29. The summed E-state index contributed by atoms with van der Waals surface area (Å²) in [6, 6.07) is 18.2. The molecule has 0 saturated carbocycles. The second-order valence-electron chi connectivity index (χ2n) is 5.08. The molecular formula is C19H14O2. The minimum absolute atomic E-state index is 0.729. The molecule has 0 spiro atoms. The Kier molecular flexibility index (Phi) is 2.51. The van der Waals surface area contributed by atoms with Gasteiger partial charge in [-0.1, -0.05) is 49.0 Å². The molecule has 0 bridgehead atoms. The molecule has 0 N–H and O–H groups in total. The van der Waals surface area contributed by atoms with E-state index < -0.39 is 0 Å². The maximum atomic E-state index is 6.09. The topological polar surface area (TPSA) is 18.5 Å². The largest absolute Gasteiger partial charge is 0.493 e. The van der Waals surface area contributed by atoms with E-state index in [1.807, 2.05) is 36.4 Å². The Morgan fingerprint density at radius 1 is 0.952 bits per heavy atom. The number of benzene rings is 3. The second-order valence-corrected chi connectivity index (χ2v) is 5.08. The third kappa shape index (κ3) is 1.66. The fourth-order valence-electron chi connectivity index (χ4n) is 2.91. The van der Waals surface area contributed by atoms with Crippen molar-refractivity contribution in [1.29, 1.82) is 0 Å². The number of ether oxygens (including phenoxy) is 2. The van der Waals surface area contributed by atoms with Gasteiger partial charge in [0.2, 0.25) is 0 Å². The van der Waals surface area contributed by atoms with Crippen LogP contribution in [0.5, 0.6) is 17.2 Å². The van der Waals surface area contributed by atoms with Gasteiger partial charge in [-0.05, 0) is 28.5 Å². The van der Waals surface area contributed by atoms with Gasteiger partial charge in [-0.15, -0.1) is 0 Å². The van der Waals surface area contributed by atoms with Gasteiger partial charge in [-0.2, -0.15) is 0 Å². The first-order valence-electron chi connectivity index (χ1n) is 6.86. The Morgan fingerprint density at radius 2 is 1.81 bits per heavy atom. The molecule has 4 rings (SSSR count). The van der Waals surface area contributed by atoms with E-state index in [2.05, 4.69) is 24.8 Å². The van der Waals surface area contributed by atoms with Gasteiger partial charge in [-0.25, -0.2) is 0 Å². The van der Waals surface area contributed by atoms with Crippen LogP contribution in [0.3, 0.4) is 0 Å². The van der Waals surface area contributed by atoms with Gasteiger partial charge in [0.05, 0.1) is 7.11 Å². The standard InChI is InChI=1S/C19H14O2/c1-12-14-8-5-9-17(20-2)19(14)21-16-11-10-13-6-3-4-7-15(13)18(12)16/h3-11H,1H2,2H3. The number of para-hydroxylation sites is 1. The first-order chi connectivity index (χ1) is 10.3. The first-order valence-corrected chi connectivity index (χ1v) is 6.86. The Morgan fingerprint density at radius 3 is 2.67 bits per heavy atom. The van der Waals surface area contributed by atoms with Crippen LogP contribution in [-0.2, 0) is 0 Å². The molecule has 1 heterocycles. The van der Waals surface area contributed by atoms with Gasteiger partial charge in [0.1, 0.15) is 5.75 Å². The summed E-state index contributed by atoms with van der Waals surface area (Å²) in [6.07, 6.45) is 0. The van der Waals surface area contributed by atoms with Crippen molar-refractivity contribution in [3.8, 4) is 17.2 Å². The third-order valence-electron chi connectivity index (χ3n) is 3.93. The summed E-state index contributed by atoms with van der Waals surface area (Å²) < 4.78 is 11.5. The van der Waals surface area contributed by atoms with E-state index in [1.165, 1.54) is 5.39 Å². The first kappa shape index (κ1) is 12.0. The number of rotatable bonds is 1. The van der Waals surface area contributed by atoms with Crippen LogP contribution in [0.2, 0.25) is 0 Å². The van der Waals surface area contributed by atoms with Crippen molar-refractivity contribution in [2.45, 2.75) is 0 Å². The molecule has 0 saturated heterocycles. The van der Waals surface area contributed by atoms with Crippen LogP contribution in [0.25, 0.3) is 16.3 Å². The molecule has 1 aliphatic rings. The highest BCUT2D eigenvalue weighted by Crippen LogP contribution is 2.49. The van der Waals surface area contributed by atoms with Gasteiger partial charge < -0.3 is 9.47 Å². The van der Waals surface area contributed by atoms with E-state index in [-0.39, 0.29) is 0 Å². The van der Waals surface area contributed by atoms with Crippen LogP contribution in [-0.4, -0.2) is 7.11 Å². The van der Waals surface area contributed by atoms with Crippen LogP contribution in [0.4, 0.5) is 0 Å². The minimum atomic E-state index is 0.729. The molecule has 0 radical (unpaired) electrons. The molecule has 102 valence electrons. The average Bonchev–Trinajstić information content (AvgIpc) is 2.54. The predicted octanol–water partition coefficient (Wildman–Crippen LogP) is 5.02. The summed E-state index contributed by atoms with van der Waals surface area (Å²) >= 11 is 0. The molecule has 0 atom stereocenters. The highest BCUT2D eigenvalue weighted by Gasteiger charge is 2.24. The zero-order chi connectivity index (χ0) is 14.4. The number of methoxy groups -OCH3 is 1. The average molecular weight is 274 g/mol. The smallest absolute Gasteiger partial charge is 0.177 e. The predicted molar refractivity (Wildman–Crippen MR) is 85.2 cm³/mol. The summed E-state index contributed by atoms with van der Waals surface area (Å²) in [7, 11) is 1.65. The second kappa shape index (κ2) is 4.38. The lowest BCUT2D eigenvalue weighted by molar-refractivity contribution is 0.376. The Balaban J connectivity index is 2.02. The Labute approximate surface area is 123 Å². The normalized spacial score (nSPS) is 12.5. The fourth-order valence-corrected chi connectivity index (χ4v) is 2.91. The molecule has 0 amide bonds. The lowest BCUT2D eigenvalue weighted by Gasteiger charge is -2.25. The lowest BCUT2D eigenvalue weighted by Crippen LogP contribution is -2.04. The number of fused-ring (bicyclic) bond motifs is 4. The Bertz CT molecular complexity index is 878. The molecule has 0 fully saturated rings. The maximum absolute atomic E-state index is 6.09. The van der Waals surface area contributed by atoms with Crippen LogP contribution < -0.4 is 9.47 Å². The monoisotopic (exact) mass is 274 g/mol. The molecule has 2 nitrogen and oxygen atoms in total. The number of hydrogen-bond donors (Lipinski definition) is 0. The van der Waals surface area contributed by atoms with Crippen LogP contribution >= 0.6 is 0 Å². The van der Waals surface area contributed by atoms with E-state index in [1.54, 1.807) is 7.11 Å². The van der Waals surface area contributed by atoms with Crippen molar-refractivity contribution >= 4 is 16.3 Å². The highest BCUT2D eigenvalue weighted by molar-refractivity contribution is 6.02. The van der Waals surface area contributed by atoms with Crippen molar-refractivity contribution in [2.75, 3.05) is 7.11 Å². The molecule has 3 aromatic rings. The SMILES string of the molecule is C=C1c2cccc(OC)c2Oc2ccc3ccccc3c21. The summed E-state index contributed by atoms with van der Waals surface area (Å²) in [5.74, 6) is 2.30. The zero-order valence-electron chi connectivity index (χ0n) is 11.7. The fraction of sp³-hybridized carbons (Fsp3) is 0.0526. The molecule has 3 aromatic carbocycles.